The van der Waals surface area contributed by atoms with Gasteiger partial charge < -0.3 is 10.4 Å². The Labute approximate surface area is 124 Å². The van der Waals surface area contributed by atoms with Crippen molar-refractivity contribution >= 4 is 29.1 Å². The predicted molar refractivity (Wildman–Crippen MR) is 73.2 cm³/mol. The molecule has 1 heterocycles. The van der Waals surface area contributed by atoms with Crippen molar-refractivity contribution in [2.24, 2.45) is 0 Å². The van der Waals surface area contributed by atoms with Crippen molar-refractivity contribution in [3.8, 4) is 12.1 Å². The minimum atomic E-state index is -1.08. The Hall–Kier alpha value is -3.16. The number of hydrogen-bond acceptors (Lipinski definition) is 6. The number of nitriles is 2. The number of carboxylic acids is 1. The van der Waals surface area contributed by atoms with Crippen molar-refractivity contribution in [3.05, 3.63) is 46.4 Å². The molecule has 7 nitrogen and oxygen atoms in total. The number of carbonyl (C=O) groups is 1. The molecule has 0 radical (unpaired) electrons. The molecule has 0 unspecified atom stereocenters. The van der Waals surface area contributed by atoms with Gasteiger partial charge in [0.05, 0.1) is 5.56 Å². The Kier molecular flexibility index (Phi) is 3.98. The van der Waals surface area contributed by atoms with Crippen molar-refractivity contribution in [2.75, 3.05) is 5.32 Å². The van der Waals surface area contributed by atoms with Crippen LogP contribution in [0.2, 0.25) is 5.15 Å². The summed E-state index contributed by atoms with van der Waals surface area (Å²) in [6, 6.07) is 9.42. The maximum Gasteiger partial charge on any atom is 0.335 e. The van der Waals surface area contributed by atoms with Gasteiger partial charge in [0, 0.05) is 5.69 Å². The van der Waals surface area contributed by atoms with Crippen LogP contribution in [0.5, 0.6) is 0 Å². The molecule has 0 saturated heterocycles. The van der Waals surface area contributed by atoms with Crippen LogP contribution >= 0.6 is 11.6 Å². The standard InChI is InChI=1S/C13H6ClN5O2/c14-11-12(19-10(6-16)9(5-15)18-11)17-8-3-1-2-7(4-8)13(20)21/h1-4H,(H,17,19)(H,20,21). The summed E-state index contributed by atoms with van der Waals surface area (Å²) in [6.45, 7) is 0. The van der Waals surface area contributed by atoms with Gasteiger partial charge >= 0.3 is 5.97 Å². The fourth-order valence-corrected chi connectivity index (χ4v) is 1.69. The maximum absolute atomic E-state index is 10.9. The van der Waals surface area contributed by atoms with Gasteiger partial charge in [-0.2, -0.15) is 10.5 Å². The number of anilines is 2. The van der Waals surface area contributed by atoms with Crippen molar-refractivity contribution in [1.29, 1.82) is 10.5 Å². The van der Waals surface area contributed by atoms with E-state index in [2.05, 4.69) is 15.3 Å². The van der Waals surface area contributed by atoms with Crippen LogP contribution in [0.1, 0.15) is 21.7 Å². The van der Waals surface area contributed by atoms with E-state index in [0.29, 0.717) is 5.69 Å². The molecule has 0 aliphatic carbocycles. The first-order valence-corrected chi connectivity index (χ1v) is 5.91. The molecule has 1 aromatic heterocycles. The molecular weight excluding hydrogens is 294 g/mol. The average molecular weight is 300 g/mol. The fourth-order valence-electron chi connectivity index (χ4n) is 1.52. The zero-order chi connectivity index (χ0) is 15.4. The summed E-state index contributed by atoms with van der Waals surface area (Å²) in [6.07, 6.45) is 0. The zero-order valence-electron chi connectivity index (χ0n) is 10.3. The summed E-state index contributed by atoms with van der Waals surface area (Å²) in [5.41, 5.74) is 0.157. The Morgan fingerprint density at radius 2 is 1.90 bits per heavy atom. The molecule has 0 aliphatic heterocycles. The second kappa shape index (κ2) is 5.87. The number of rotatable bonds is 3. The van der Waals surface area contributed by atoms with Gasteiger partial charge in [-0.15, -0.1) is 0 Å². The molecule has 0 fully saturated rings. The summed E-state index contributed by atoms with van der Waals surface area (Å²) < 4.78 is 0. The molecule has 0 atom stereocenters. The smallest absolute Gasteiger partial charge is 0.335 e. The van der Waals surface area contributed by atoms with Crippen LogP contribution in [-0.4, -0.2) is 21.0 Å². The molecule has 21 heavy (non-hydrogen) atoms. The number of nitrogens with one attached hydrogen (secondary N) is 1. The number of aromatic nitrogens is 2. The van der Waals surface area contributed by atoms with Crippen molar-refractivity contribution < 1.29 is 9.90 Å². The average Bonchev–Trinajstić information content (AvgIpc) is 2.49. The number of hydrogen-bond donors (Lipinski definition) is 2. The van der Waals surface area contributed by atoms with Gasteiger partial charge in [-0.3, -0.25) is 0 Å². The van der Waals surface area contributed by atoms with Crippen molar-refractivity contribution in [2.45, 2.75) is 0 Å². The first-order valence-electron chi connectivity index (χ1n) is 5.53. The van der Waals surface area contributed by atoms with Gasteiger partial charge in [0.2, 0.25) is 0 Å². The molecule has 2 N–H and O–H groups in total. The highest BCUT2D eigenvalue weighted by Crippen LogP contribution is 2.23. The number of benzene rings is 1. The molecule has 2 rings (SSSR count). The van der Waals surface area contributed by atoms with E-state index in [1.165, 1.54) is 12.1 Å². The van der Waals surface area contributed by atoms with Gasteiger partial charge in [0.1, 0.15) is 12.1 Å². The minimum absolute atomic E-state index is 0.0646. The Balaban J connectivity index is 2.41. The van der Waals surface area contributed by atoms with Gasteiger partial charge in [0.15, 0.2) is 22.4 Å². The Bertz CT molecular complexity index is 807. The lowest BCUT2D eigenvalue weighted by Crippen LogP contribution is -2.03. The van der Waals surface area contributed by atoms with E-state index in [-0.39, 0.29) is 27.9 Å². The number of carboxylic acid groups (broad SMARTS) is 1. The highest BCUT2D eigenvalue weighted by molar-refractivity contribution is 6.31. The second-order valence-corrected chi connectivity index (χ2v) is 4.15. The monoisotopic (exact) mass is 299 g/mol. The van der Waals surface area contributed by atoms with Crippen molar-refractivity contribution in [1.82, 2.24) is 9.97 Å². The van der Waals surface area contributed by atoms with Crippen LogP contribution in [0.4, 0.5) is 11.5 Å². The maximum atomic E-state index is 10.9. The highest BCUT2D eigenvalue weighted by atomic mass is 35.5. The molecule has 0 bridgehead atoms. The SMILES string of the molecule is N#Cc1nc(Cl)c(Nc2cccc(C(=O)O)c2)nc1C#N. The lowest BCUT2D eigenvalue weighted by atomic mass is 10.2. The van der Waals surface area contributed by atoms with E-state index < -0.39 is 5.97 Å². The topological polar surface area (TPSA) is 123 Å². The minimum Gasteiger partial charge on any atom is -0.478 e. The van der Waals surface area contributed by atoms with Gasteiger partial charge in [-0.25, -0.2) is 14.8 Å². The third kappa shape index (κ3) is 3.06. The lowest BCUT2D eigenvalue weighted by Gasteiger charge is -2.08. The molecule has 8 heteroatoms. The van der Waals surface area contributed by atoms with Crippen molar-refractivity contribution in [3.63, 3.8) is 0 Å². The van der Waals surface area contributed by atoms with Crippen LogP contribution in [0.25, 0.3) is 0 Å². The molecule has 102 valence electrons. The van der Waals surface area contributed by atoms with Crippen LogP contribution in [0, 0.1) is 22.7 Å². The summed E-state index contributed by atoms with van der Waals surface area (Å²) in [4.78, 5) is 18.5. The molecule has 0 saturated carbocycles. The Morgan fingerprint density at radius 1 is 1.24 bits per heavy atom. The molecule has 2 aromatic rings. The second-order valence-electron chi connectivity index (χ2n) is 3.79. The molecule has 0 aliphatic rings. The van der Waals surface area contributed by atoms with Gasteiger partial charge in [-0.05, 0) is 18.2 Å². The third-order valence-corrected chi connectivity index (χ3v) is 2.70. The van der Waals surface area contributed by atoms with Crippen LogP contribution in [0.15, 0.2) is 24.3 Å². The third-order valence-electron chi connectivity index (χ3n) is 2.44. The Morgan fingerprint density at radius 3 is 2.52 bits per heavy atom. The van der Waals surface area contributed by atoms with E-state index in [1.807, 2.05) is 0 Å². The summed E-state index contributed by atoms with van der Waals surface area (Å²) >= 11 is 5.88. The number of aromatic carboxylic acids is 1. The summed E-state index contributed by atoms with van der Waals surface area (Å²) in [5.74, 6) is -1.01. The van der Waals surface area contributed by atoms with Crippen LogP contribution in [-0.2, 0) is 0 Å². The lowest BCUT2D eigenvalue weighted by molar-refractivity contribution is 0.0697. The van der Waals surface area contributed by atoms with Gasteiger partial charge in [-0.1, -0.05) is 17.7 Å². The van der Waals surface area contributed by atoms with Gasteiger partial charge in [0.25, 0.3) is 0 Å². The van der Waals surface area contributed by atoms with E-state index in [9.17, 15) is 4.79 Å². The molecule has 0 spiro atoms. The molecular formula is C13H6ClN5O2. The fraction of sp³-hybridized carbons (Fsp3) is 0. The summed E-state index contributed by atoms with van der Waals surface area (Å²) in [5, 5.41) is 29.3. The van der Waals surface area contributed by atoms with E-state index >= 15 is 0 Å². The van der Waals surface area contributed by atoms with Crippen LogP contribution in [0.3, 0.4) is 0 Å². The zero-order valence-corrected chi connectivity index (χ0v) is 11.1. The number of halogens is 1. The number of nitrogens with zero attached hydrogens (tertiary/aromatic N) is 4. The van der Waals surface area contributed by atoms with E-state index in [4.69, 9.17) is 27.2 Å². The largest absolute Gasteiger partial charge is 0.478 e. The molecule has 0 amide bonds. The van der Waals surface area contributed by atoms with E-state index in [0.717, 1.165) is 0 Å². The van der Waals surface area contributed by atoms with Crippen LogP contribution < -0.4 is 5.32 Å². The highest BCUT2D eigenvalue weighted by Gasteiger charge is 2.13. The molecule has 1 aromatic carbocycles. The first kappa shape index (κ1) is 14.3. The summed E-state index contributed by atoms with van der Waals surface area (Å²) in [7, 11) is 0. The normalized spacial score (nSPS) is 9.48. The predicted octanol–water partition coefficient (Wildman–Crippen LogP) is 2.32. The van der Waals surface area contributed by atoms with E-state index in [1.54, 1.807) is 24.3 Å². The quantitative estimate of drug-likeness (QED) is 0.891. The first-order chi connectivity index (χ1) is 10.0.